The molecule has 20 heavy (non-hydrogen) atoms. The van der Waals surface area contributed by atoms with Gasteiger partial charge >= 0.3 is 0 Å². The smallest absolute Gasteiger partial charge is 0.146 e. The third kappa shape index (κ3) is 2.49. The first-order valence-corrected chi connectivity index (χ1v) is 7.18. The first-order valence-electron chi connectivity index (χ1n) is 6.36. The van der Waals surface area contributed by atoms with Crippen molar-refractivity contribution in [1.29, 1.82) is 0 Å². The number of rotatable bonds is 3. The van der Waals surface area contributed by atoms with Gasteiger partial charge in [0.15, 0.2) is 0 Å². The average molecular weight is 287 g/mol. The zero-order valence-electron chi connectivity index (χ0n) is 11.2. The maximum atomic E-state index is 13.7. The zero-order chi connectivity index (χ0) is 14.1. The Morgan fingerprint density at radius 1 is 1.30 bits per heavy atom. The monoisotopic (exact) mass is 287 g/mol. The van der Waals surface area contributed by atoms with Gasteiger partial charge in [-0.25, -0.2) is 9.37 Å². The zero-order valence-corrected chi connectivity index (χ0v) is 12.0. The number of nitrogens with one attached hydrogen (secondary N) is 1. The maximum absolute atomic E-state index is 13.7. The topological polar surface area (TPSA) is 37.8 Å². The molecule has 0 aliphatic heterocycles. The van der Waals surface area contributed by atoms with Crippen molar-refractivity contribution in [2.24, 2.45) is 0 Å². The van der Waals surface area contributed by atoms with E-state index in [9.17, 15) is 4.39 Å². The molecule has 1 aromatic carbocycles. The van der Waals surface area contributed by atoms with E-state index in [-0.39, 0.29) is 11.9 Å². The summed E-state index contributed by atoms with van der Waals surface area (Å²) < 4.78 is 14.8. The Labute approximate surface area is 120 Å². The molecule has 0 bridgehead atoms. The van der Waals surface area contributed by atoms with Gasteiger partial charge in [0.25, 0.3) is 0 Å². The van der Waals surface area contributed by atoms with Gasteiger partial charge in [0, 0.05) is 17.4 Å². The summed E-state index contributed by atoms with van der Waals surface area (Å²) in [6, 6.07) is 7.58. The number of halogens is 1. The second kappa shape index (κ2) is 5.17. The summed E-state index contributed by atoms with van der Waals surface area (Å²) in [5.74, 6) is -0.290. The minimum absolute atomic E-state index is 0.121. The highest BCUT2D eigenvalue weighted by molar-refractivity contribution is 7.18. The highest BCUT2D eigenvalue weighted by atomic mass is 32.1. The van der Waals surface area contributed by atoms with Crippen LogP contribution >= 0.6 is 11.3 Å². The first-order chi connectivity index (χ1) is 9.63. The molecule has 1 N–H and O–H groups in total. The number of fused-ring (bicyclic) bond motifs is 1. The molecule has 2 aromatic heterocycles. The minimum Gasteiger partial charge on any atom is -0.378 e. The SMILES string of the molecule is Cc1nc2ccc(N[C@@H](C)c3ccncc3F)cc2s1. The van der Waals surface area contributed by atoms with Crippen molar-refractivity contribution in [2.75, 3.05) is 5.32 Å². The second-order valence-corrected chi connectivity index (χ2v) is 5.91. The summed E-state index contributed by atoms with van der Waals surface area (Å²) in [6.45, 7) is 3.92. The van der Waals surface area contributed by atoms with Crippen molar-refractivity contribution >= 4 is 27.2 Å². The predicted octanol–water partition coefficient (Wildman–Crippen LogP) is 4.31. The van der Waals surface area contributed by atoms with E-state index in [1.165, 1.54) is 6.20 Å². The Morgan fingerprint density at radius 3 is 2.95 bits per heavy atom. The van der Waals surface area contributed by atoms with E-state index in [0.717, 1.165) is 20.9 Å². The van der Waals surface area contributed by atoms with Crippen molar-refractivity contribution in [1.82, 2.24) is 9.97 Å². The number of hydrogen-bond acceptors (Lipinski definition) is 4. The van der Waals surface area contributed by atoms with Crippen LogP contribution in [0.5, 0.6) is 0 Å². The van der Waals surface area contributed by atoms with E-state index in [0.29, 0.717) is 5.56 Å². The van der Waals surface area contributed by atoms with Crippen LogP contribution in [0.4, 0.5) is 10.1 Å². The molecule has 102 valence electrons. The van der Waals surface area contributed by atoms with Gasteiger partial charge in [0.05, 0.1) is 27.5 Å². The fraction of sp³-hybridized carbons (Fsp3) is 0.200. The Kier molecular flexibility index (Phi) is 3.36. The fourth-order valence-corrected chi connectivity index (χ4v) is 3.06. The second-order valence-electron chi connectivity index (χ2n) is 4.68. The predicted molar refractivity (Wildman–Crippen MR) is 80.6 cm³/mol. The molecular weight excluding hydrogens is 273 g/mol. The number of aromatic nitrogens is 2. The van der Waals surface area contributed by atoms with Crippen LogP contribution in [0.15, 0.2) is 36.7 Å². The van der Waals surface area contributed by atoms with Crippen LogP contribution < -0.4 is 5.32 Å². The number of nitrogens with zero attached hydrogens (tertiary/aromatic N) is 2. The van der Waals surface area contributed by atoms with E-state index in [2.05, 4.69) is 21.4 Å². The highest BCUT2D eigenvalue weighted by Crippen LogP contribution is 2.27. The van der Waals surface area contributed by atoms with E-state index in [4.69, 9.17) is 0 Å². The number of aryl methyl sites for hydroxylation is 1. The van der Waals surface area contributed by atoms with Crippen LogP contribution in [-0.2, 0) is 0 Å². The number of hydrogen-bond donors (Lipinski definition) is 1. The molecule has 0 spiro atoms. The lowest BCUT2D eigenvalue weighted by Crippen LogP contribution is -2.08. The molecule has 3 rings (SSSR count). The maximum Gasteiger partial charge on any atom is 0.146 e. The van der Waals surface area contributed by atoms with E-state index in [1.54, 1.807) is 23.6 Å². The molecule has 0 saturated carbocycles. The summed E-state index contributed by atoms with van der Waals surface area (Å²) in [5.41, 5.74) is 2.58. The molecule has 3 aromatic rings. The molecule has 1 atom stereocenters. The summed E-state index contributed by atoms with van der Waals surface area (Å²) in [4.78, 5) is 8.20. The van der Waals surface area contributed by atoms with Crippen LogP contribution in [0.25, 0.3) is 10.2 Å². The van der Waals surface area contributed by atoms with Crippen molar-refractivity contribution in [3.05, 3.63) is 53.0 Å². The molecule has 3 nitrogen and oxygen atoms in total. The van der Waals surface area contributed by atoms with E-state index >= 15 is 0 Å². The molecule has 0 aliphatic rings. The van der Waals surface area contributed by atoms with E-state index in [1.807, 2.05) is 26.0 Å². The normalized spacial score (nSPS) is 12.6. The third-order valence-corrected chi connectivity index (χ3v) is 4.08. The lowest BCUT2D eigenvalue weighted by atomic mass is 10.1. The highest BCUT2D eigenvalue weighted by Gasteiger charge is 2.11. The van der Waals surface area contributed by atoms with Crippen LogP contribution in [0.3, 0.4) is 0 Å². The largest absolute Gasteiger partial charge is 0.378 e. The Morgan fingerprint density at radius 2 is 2.15 bits per heavy atom. The summed E-state index contributed by atoms with van der Waals surface area (Å²) in [7, 11) is 0. The van der Waals surface area contributed by atoms with Gasteiger partial charge in [-0.3, -0.25) is 4.98 Å². The first kappa shape index (κ1) is 13.0. The molecule has 0 radical (unpaired) electrons. The molecule has 2 heterocycles. The number of pyridine rings is 1. The van der Waals surface area contributed by atoms with Crippen molar-refractivity contribution in [3.8, 4) is 0 Å². The molecule has 0 aliphatic carbocycles. The van der Waals surface area contributed by atoms with Gasteiger partial charge in [-0.15, -0.1) is 11.3 Å². The third-order valence-electron chi connectivity index (χ3n) is 3.15. The lowest BCUT2D eigenvalue weighted by molar-refractivity contribution is 0.594. The van der Waals surface area contributed by atoms with Gasteiger partial charge < -0.3 is 5.32 Å². The summed E-state index contributed by atoms with van der Waals surface area (Å²) >= 11 is 1.66. The van der Waals surface area contributed by atoms with Crippen LogP contribution in [-0.4, -0.2) is 9.97 Å². The van der Waals surface area contributed by atoms with E-state index < -0.39 is 0 Å². The summed E-state index contributed by atoms with van der Waals surface area (Å²) in [6.07, 6.45) is 2.84. The minimum atomic E-state index is -0.290. The van der Waals surface area contributed by atoms with Gasteiger partial charge in [-0.05, 0) is 38.1 Å². The summed E-state index contributed by atoms with van der Waals surface area (Å²) in [5, 5.41) is 4.36. The molecule has 0 unspecified atom stereocenters. The Bertz CT molecular complexity index is 754. The van der Waals surface area contributed by atoms with Crippen molar-refractivity contribution in [3.63, 3.8) is 0 Å². The fourth-order valence-electron chi connectivity index (χ4n) is 2.19. The number of anilines is 1. The Balaban J connectivity index is 1.87. The van der Waals surface area contributed by atoms with Gasteiger partial charge in [-0.2, -0.15) is 0 Å². The van der Waals surface area contributed by atoms with Crippen LogP contribution in [0.2, 0.25) is 0 Å². The quantitative estimate of drug-likeness (QED) is 0.780. The molecular formula is C15H14FN3S. The number of thiazole rings is 1. The molecule has 5 heteroatoms. The lowest BCUT2D eigenvalue weighted by Gasteiger charge is -2.16. The van der Waals surface area contributed by atoms with Gasteiger partial charge in [-0.1, -0.05) is 0 Å². The van der Waals surface area contributed by atoms with Crippen LogP contribution in [0, 0.1) is 12.7 Å². The van der Waals surface area contributed by atoms with Crippen molar-refractivity contribution < 1.29 is 4.39 Å². The van der Waals surface area contributed by atoms with Crippen molar-refractivity contribution in [2.45, 2.75) is 19.9 Å². The average Bonchev–Trinajstić information content (AvgIpc) is 2.78. The van der Waals surface area contributed by atoms with Gasteiger partial charge in [0.2, 0.25) is 0 Å². The van der Waals surface area contributed by atoms with Gasteiger partial charge in [0.1, 0.15) is 5.82 Å². The molecule has 0 saturated heterocycles. The number of benzene rings is 1. The molecule has 0 amide bonds. The van der Waals surface area contributed by atoms with Crippen LogP contribution in [0.1, 0.15) is 23.5 Å². The Hall–Kier alpha value is -2.01. The standard InChI is InChI=1S/C15H14FN3S/c1-9(12-5-6-17-8-13(12)16)18-11-3-4-14-15(7-11)20-10(2)19-14/h3-9,18H,1-2H3/t9-/m0/s1. The molecule has 0 fully saturated rings.